The second-order valence-electron chi connectivity index (χ2n) is 6.10. The Balaban J connectivity index is 0.00000208. The van der Waals surface area contributed by atoms with Gasteiger partial charge in [0.1, 0.15) is 0 Å². The molecule has 1 aliphatic carbocycles. The van der Waals surface area contributed by atoms with E-state index in [0.29, 0.717) is 18.5 Å². The molecule has 0 radical (unpaired) electrons. The lowest BCUT2D eigenvalue weighted by atomic mass is 9.96. The summed E-state index contributed by atoms with van der Waals surface area (Å²) in [6, 6.07) is 14.7. The van der Waals surface area contributed by atoms with Gasteiger partial charge < -0.3 is 11.1 Å². The lowest BCUT2D eigenvalue weighted by Crippen LogP contribution is -2.41. The fourth-order valence-corrected chi connectivity index (χ4v) is 3.04. The second kappa shape index (κ2) is 9.61. The van der Waals surface area contributed by atoms with Crippen LogP contribution in [0.1, 0.15) is 37.7 Å². The quantitative estimate of drug-likeness (QED) is 0.431. The van der Waals surface area contributed by atoms with Crippen LogP contribution in [-0.2, 0) is 6.54 Å². The maximum atomic E-state index is 6.03. The van der Waals surface area contributed by atoms with Gasteiger partial charge in [0.25, 0.3) is 0 Å². The first-order chi connectivity index (χ1) is 11.3. The highest BCUT2D eigenvalue weighted by Gasteiger charge is 2.13. The standard InChI is InChI=1S/C19H24N4.HI/c20-19(23-17-9-2-1-3-10-17)22-14-15-7-6-8-16(13-15)18-11-4-5-12-21-18;/h4-8,11-13,17H,1-3,9-10,14H2,(H3,20,22,23);1H. The maximum Gasteiger partial charge on any atom is 0.189 e. The summed E-state index contributed by atoms with van der Waals surface area (Å²) < 4.78 is 0. The lowest BCUT2D eigenvalue weighted by molar-refractivity contribution is 0.412. The first-order valence-corrected chi connectivity index (χ1v) is 8.38. The summed E-state index contributed by atoms with van der Waals surface area (Å²) in [6.07, 6.45) is 8.13. The van der Waals surface area contributed by atoms with E-state index in [0.717, 1.165) is 16.8 Å². The summed E-state index contributed by atoms with van der Waals surface area (Å²) in [7, 11) is 0. The lowest BCUT2D eigenvalue weighted by Gasteiger charge is -2.23. The van der Waals surface area contributed by atoms with Crippen molar-refractivity contribution in [3.8, 4) is 11.3 Å². The summed E-state index contributed by atoms with van der Waals surface area (Å²) >= 11 is 0. The molecule has 3 N–H and O–H groups in total. The molecule has 0 spiro atoms. The highest BCUT2D eigenvalue weighted by Crippen LogP contribution is 2.19. The first-order valence-electron chi connectivity index (χ1n) is 8.38. The van der Waals surface area contributed by atoms with Crippen LogP contribution in [0.5, 0.6) is 0 Å². The number of pyridine rings is 1. The van der Waals surface area contributed by atoms with Crippen LogP contribution in [0.15, 0.2) is 53.7 Å². The summed E-state index contributed by atoms with van der Waals surface area (Å²) in [4.78, 5) is 8.88. The van der Waals surface area contributed by atoms with Crippen molar-refractivity contribution >= 4 is 29.9 Å². The zero-order chi connectivity index (χ0) is 15.9. The molecule has 128 valence electrons. The van der Waals surface area contributed by atoms with E-state index in [1.807, 2.05) is 30.5 Å². The van der Waals surface area contributed by atoms with Crippen LogP contribution >= 0.6 is 24.0 Å². The largest absolute Gasteiger partial charge is 0.370 e. The van der Waals surface area contributed by atoms with Crippen molar-refractivity contribution in [1.29, 1.82) is 0 Å². The van der Waals surface area contributed by atoms with Crippen LogP contribution in [0.25, 0.3) is 11.3 Å². The Kier molecular flexibility index (Phi) is 7.49. The van der Waals surface area contributed by atoms with E-state index < -0.39 is 0 Å². The highest BCUT2D eigenvalue weighted by molar-refractivity contribution is 14.0. The second-order valence-corrected chi connectivity index (χ2v) is 6.10. The zero-order valence-corrected chi connectivity index (χ0v) is 16.1. The van der Waals surface area contributed by atoms with Crippen molar-refractivity contribution in [3.63, 3.8) is 0 Å². The molecule has 1 fully saturated rings. The molecule has 2 aromatic rings. The molecule has 1 aromatic carbocycles. The van der Waals surface area contributed by atoms with Gasteiger partial charge in [0, 0.05) is 17.8 Å². The smallest absolute Gasteiger partial charge is 0.189 e. The van der Waals surface area contributed by atoms with Crippen LogP contribution in [0, 0.1) is 0 Å². The Bertz CT molecular complexity index is 651. The van der Waals surface area contributed by atoms with Gasteiger partial charge in [0.2, 0.25) is 0 Å². The predicted molar refractivity (Wildman–Crippen MR) is 110 cm³/mol. The third-order valence-electron chi connectivity index (χ3n) is 4.28. The van der Waals surface area contributed by atoms with Gasteiger partial charge >= 0.3 is 0 Å². The van der Waals surface area contributed by atoms with Crippen molar-refractivity contribution in [2.24, 2.45) is 10.7 Å². The predicted octanol–water partition coefficient (Wildman–Crippen LogP) is 4.10. The molecule has 0 atom stereocenters. The molecule has 1 saturated carbocycles. The van der Waals surface area contributed by atoms with Gasteiger partial charge in [-0.3, -0.25) is 4.98 Å². The molecular formula is C19H25IN4. The van der Waals surface area contributed by atoms with Gasteiger partial charge in [0.15, 0.2) is 5.96 Å². The van der Waals surface area contributed by atoms with Crippen molar-refractivity contribution in [2.45, 2.75) is 44.7 Å². The Hall–Kier alpha value is -1.63. The van der Waals surface area contributed by atoms with E-state index in [1.165, 1.54) is 32.1 Å². The molecular weight excluding hydrogens is 411 g/mol. The zero-order valence-electron chi connectivity index (χ0n) is 13.8. The number of benzene rings is 1. The summed E-state index contributed by atoms with van der Waals surface area (Å²) in [5.74, 6) is 0.556. The van der Waals surface area contributed by atoms with Crippen molar-refractivity contribution in [3.05, 3.63) is 54.2 Å². The summed E-state index contributed by atoms with van der Waals surface area (Å²) in [6.45, 7) is 0.590. The first kappa shape index (κ1) is 18.7. The Morgan fingerprint density at radius 3 is 2.71 bits per heavy atom. The maximum absolute atomic E-state index is 6.03. The molecule has 0 bridgehead atoms. The molecule has 1 aliphatic rings. The fourth-order valence-electron chi connectivity index (χ4n) is 3.04. The Labute approximate surface area is 161 Å². The number of hydrogen-bond acceptors (Lipinski definition) is 2. The number of halogens is 1. The average Bonchev–Trinajstić information content (AvgIpc) is 2.62. The molecule has 0 amide bonds. The van der Waals surface area contributed by atoms with E-state index in [-0.39, 0.29) is 24.0 Å². The molecule has 1 heterocycles. The van der Waals surface area contributed by atoms with E-state index in [4.69, 9.17) is 5.73 Å². The fraction of sp³-hybridized carbons (Fsp3) is 0.368. The summed E-state index contributed by atoms with van der Waals surface area (Å²) in [5.41, 5.74) is 9.26. The number of hydrogen-bond donors (Lipinski definition) is 2. The minimum atomic E-state index is 0. The molecule has 24 heavy (non-hydrogen) atoms. The van der Waals surface area contributed by atoms with Gasteiger partial charge in [-0.05, 0) is 36.6 Å². The van der Waals surface area contributed by atoms with Crippen LogP contribution in [-0.4, -0.2) is 17.0 Å². The van der Waals surface area contributed by atoms with Gasteiger partial charge in [-0.2, -0.15) is 0 Å². The molecule has 0 unspecified atom stereocenters. The van der Waals surface area contributed by atoms with Crippen LogP contribution in [0.2, 0.25) is 0 Å². The van der Waals surface area contributed by atoms with Crippen molar-refractivity contribution in [1.82, 2.24) is 10.3 Å². The van der Waals surface area contributed by atoms with Gasteiger partial charge in [0.05, 0.1) is 12.2 Å². The number of rotatable bonds is 4. The topological polar surface area (TPSA) is 63.3 Å². The van der Waals surface area contributed by atoms with Crippen LogP contribution in [0.3, 0.4) is 0 Å². The Morgan fingerprint density at radius 2 is 1.96 bits per heavy atom. The molecule has 1 aromatic heterocycles. The molecule has 5 heteroatoms. The average molecular weight is 436 g/mol. The van der Waals surface area contributed by atoms with Crippen LogP contribution in [0.4, 0.5) is 0 Å². The van der Waals surface area contributed by atoms with Gasteiger partial charge in [-0.25, -0.2) is 4.99 Å². The van der Waals surface area contributed by atoms with Gasteiger partial charge in [-0.15, -0.1) is 24.0 Å². The number of aliphatic imine (C=N–C) groups is 1. The number of nitrogens with zero attached hydrogens (tertiary/aromatic N) is 2. The third-order valence-corrected chi connectivity index (χ3v) is 4.28. The monoisotopic (exact) mass is 436 g/mol. The molecule has 3 rings (SSSR count). The SMILES string of the molecule is I.NC(=NCc1cccc(-c2ccccn2)c1)NC1CCCCC1. The number of nitrogens with one attached hydrogen (secondary N) is 1. The minimum Gasteiger partial charge on any atom is -0.370 e. The van der Waals surface area contributed by atoms with Crippen molar-refractivity contribution < 1.29 is 0 Å². The highest BCUT2D eigenvalue weighted by atomic mass is 127. The third kappa shape index (κ3) is 5.47. The van der Waals surface area contributed by atoms with Crippen LogP contribution < -0.4 is 11.1 Å². The molecule has 0 aliphatic heterocycles. The van der Waals surface area contributed by atoms with E-state index in [2.05, 4.69) is 33.5 Å². The van der Waals surface area contributed by atoms with E-state index in [9.17, 15) is 0 Å². The normalized spacial score (nSPS) is 15.6. The van der Waals surface area contributed by atoms with E-state index >= 15 is 0 Å². The molecule has 4 nitrogen and oxygen atoms in total. The number of aromatic nitrogens is 1. The Morgan fingerprint density at radius 1 is 1.12 bits per heavy atom. The number of nitrogens with two attached hydrogens (primary N) is 1. The summed E-state index contributed by atoms with van der Waals surface area (Å²) in [5, 5.41) is 3.35. The molecule has 0 saturated heterocycles. The van der Waals surface area contributed by atoms with Crippen molar-refractivity contribution in [2.75, 3.05) is 0 Å². The van der Waals surface area contributed by atoms with E-state index in [1.54, 1.807) is 0 Å². The minimum absolute atomic E-state index is 0. The van der Waals surface area contributed by atoms with Gasteiger partial charge in [-0.1, -0.05) is 43.5 Å². The number of guanidine groups is 1.